The summed E-state index contributed by atoms with van der Waals surface area (Å²) in [5.74, 6) is 0.227. The average Bonchev–Trinajstić information content (AvgIpc) is 2.19. The molecule has 0 radical (unpaired) electrons. The fourth-order valence-corrected chi connectivity index (χ4v) is 1.52. The van der Waals surface area contributed by atoms with E-state index in [1.807, 2.05) is 18.2 Å². The van der Waals surface area contributed by atoms with Gasteiger partial charge in [0, 0.05) is 15.8 Å². The molecule has 1 aromatic carbocycles. The first kappa shape index (κ1) is 12.4. The molecular formula is C9H10Cl2INO. The maximum absolute atomic E-state index is 9.21. The lowest BCUT2D eigenvalue weighted by atomic mass is 10.3. The fourth-order valence-electron chi connectivity index (χ4n) is 0.896. The number of nitrogens with one attached hydrogen (secondary N) is 1. The lowest BCUT2D eigenvalue weighted by Crippen LogP contribution is -2.20. The first-order valence-electron chi connectivity index (χ1n) is 4.06. The minimum atomic E-state index is -0.533. The first-order valence-corrected chi connectivity index (χ1v) is 6.05. The third-order valence-corrected chi connectivity index (χ3v) is 3.57. The topological polar surface area (TPSA) is 32.3 Å². The van der Waals surface area contributed by atoms with Gasteiger partial charge in [-0.2, -0.15) is 0 Å². The smallest absolute Gasteiger partial charge is 0.0847 e. The number of anilines is 1. The molecular weight excluding hydrogens is 336 g/mol. The predicted molar refractivity (Wildman–Crippen MR) is 69.4 cm³/mol. The van der Waals surface area contributed by atoms with E-state index < -0.39 is 6.10 Å². The monoisotopic (exact) mass is 345 g/mol. The van der Waals surface area contributed by atoms with Gasteiger partial charge in [0.2, 0.25) is 0 Å². The van der Waals surface area contributed by atoms with E-state index in [0.717, 1.165) is 9.26 Å². The van der Waals surface area contributed by atoms with E-state index >= 15 is 0 Å². The van der Waals surface area contributed by atoms with E-state index in [-0.39, 0.29) is 5.88 Å². The van der Waals surface area contributed by atoms with Gasteiger partial charge in [0.15, 0.2) is 0 Å². The molecule has 0 aliphatic carbocycles. The van der Waals surface area contributed by atoms with Crippen molar-refractivity contribution in [2.45, 2.75) is 6.10 Å². The summed E-state index contributed by atoms with van der Waals surface area (Å²) in [6, 6.07) is 5.65. The van der Waals surface area contributed by atoms with Crippen LogP contribution in [0.3, 0.4) is 0 Å². The van der Waals surface area contributed by atoms with Crippen LogP contribution in [0.2, 0.25) is 5.02 Å². The minimum Gasteiger partial charge on any atom is -0.390 e. The molecule has 0 amide bonds. The first-order chi connectivity index (χ1) is 6.63. The highest BCUT2D eigenvalue weighted by molar-refractivity contribution is 14.1. The maximum Gasteiger partial charge on any atom is 0.0847 e. The van der Waals surface area contributed by atoms with Crippen LogP contribution in [0.25, 0.3) is 0 Å². The zero-order valence-electron chi connectivity index (χ0n) is 7.30. The van der Waals surface area contributed by atoms with Gasteiger partial charge in [0.05, 0.1) is 17.0 Å². The van der Waals surface area contributed by atoms with Gasteiger partial charge in [-0.05, 0) is 40.8 Å². The highest BCUT2D eigenvalue weighted by Gasteiger charge is 2.02. The van der Waals surface area contributed by atoms with Gasteiger partial charge in [-0.3, -0.25) is 0 Å². The number of aliphatic hydroxyl groups excluding tert-OH is 1. The third-order valence-electron chi connectivity index (χ3n) is 1.64. The molecule has 0 spiro atoms. The Hall–Kier alpha value is 0.290. The number of benzene rings is 1. The highest BCUT2D eigenvalue weighted by Crippen LogP contribution is 2.22. The zero-order valence-corrected chi connectivity index (χ0v) is 11.0. The summed E-state index contributed by atoms with van der Waals surface area (Å²) < 4.78 is 1.01. The number of halogens is 3. The minimum absolute atomic E-state index is 0.227. The van der Waals surface area contributed by atoms with Crippen LogP contribution in [-0.2, 0) is 0 Å². The highest BCUT2D eigenvalue weighted by atomic mass is 127. The van der Waals surface area contributed by atoms with Crippen molar-refractivity contribution in [1.82, 2.24) is 0 Å². The Bertz CT molecular complexity index is 309. The molecule has 0 fully saturated rings. The molecule has 0 aliphatic heterocycles. The number of hydrogen-bond acceptors (Lipinski definition) is 2. The van der Waals surface area contributed by atoms with Crippen molar-refractivity contribution in [2.24, 2.45) is 0 Å². The Kier molecular flexibility index (Phi) is 5.30. The van der Waals surface area contributed by atoms with Crippen LogP contribution < -0.4 is 5.32 Å². The van der Waals surface area contributed by atoms with Crippen molar-refractivity contribution in [2.75, 3.05) is 17.7 Å². The Morgan fingerprint density at radius 1 is 1.50 bits per heavy atom. The molecule has 1 rings (SSSR count). The molecule has 78 valence electrons. The van der Waals surface area contributed by atoms with Gasteiger partial charge in [0.1, 0.15) is 0 Å². The van der Waals surface area contributed by atoms with Crippen LogP contribution in [0.5, 0.6) is 0 Å². The SMILES string of the molecule is OC(CCl)CNc1ccc(I)c(Cl)c1. The van der Waals surface area contributed by atoms with E-state index in [4.69, 9.17) is 23.2 Å². The van der Waals surface area contributed by atoms with Crippen LogP contribution in [0.15, 0.2) is 18.2 Å². The molecule has 2 N–H and O–H groups in total. The summed E-state index contributed by atoms with van der Waals surface area (Å²) in [6.07, 6.45) is -0.533. The van der Waals surface area contributed by atoms with Crippen LogP contribution in [0.4, 0.5) is 5.69 Å². The predicted octanol–water partition coefficient (Wildman–Crippen LogP) is 2.96. The fraction of sp³-hybridized carbons (Fsp3) is 0.333. The molecule has 0 aromatic heterocycles. The number of rotatable bonds is 4. The molecule has 0 bridgehead atoms. The quantitative estimate of drug-likeness (QED) is 0.649. The largest absolute Gasteiger partial charge is 0.390 e. The number of aliphatic hydroxyl groups is 1. The summed E-state index contributed by atoms with van der Waals surface area (Å²) >= 11 is 13.5. The van der Waals surface area contributed by atoms with E-state index in [0.29, 0.717) is 11.6 Å². The summed E-state index contributed by atoms with van der Waals surface area (Å²) in [6.45, 7) is 0.431. The average molecular weight is 346 g/mol. The summed E-state index contributed by atoms with van der Waals surface area (Å²) in [7, 11) is 0. The second-order valence-electron chi connectivity index (χ2n) is 2.82. The lowest BCUT2D eigenvalue weighted by Gasteiger charge is -2.10. The third kappa shape index (κ3) is 3.81. The van der Waals surface area contributed by atoms with Crippen molar-refractivity contribution in [3.63, 3.8) is 0 Å². The Morgan fingerprint density at radius 3 is 2.79 bits per heavy atom. The van der Waals surface area contributed by atoms with Gasteiger partial charge in [-0.15, -0.1) is 11.6 Å². The second-order valence-corrected chi connectivity index (χ2v) is 4.70. The molecule has 5 heteroatoms. The van der Waals surface area contributed by atoms with E-state index in [2.05, 4.69) is 27.9 Å². The zero-order chi connectivity index (χ0) is 10.6. The van der Waals surface area contributed by atoms with Gasteiger partial charge in [-0.1, -0.05) is 11.6 Å². The molecule has 0 saturated carbocycles. The summed E-state index contributed by atoms with van der Waals surface area (Å²) in [5, 5.41) is 13.0. The molecule has 1 atom stereocenters. The maximum atomic E-state index is 9.21. The molecule has 0 saturated heterocycles. The van der Waals surface area contributed by atoms with Gasteiger partial charge in [0.25, 0.3) is 0 Å². The molecule has 2 nitrogen and oxygen atoms in total. The number of hydrogen-bond donors (Lipinski definition) is 2. The van der Waals surface area contributed by atoms with Crippen LogP contribution in [-0.4, -0.2) is 23.6 Å². The standard InChI is InChI=1S/C9H10Cl2INO/c10-4-7(14)5-13-6-1-2-9(12)8(11)3-6/h1-3,7,13-14H,4-5H2. The van der Waals surface area contributed by atoms with Crippen molar-refractivity contribution in [3.05, 3.63) is 26.8 Å². The normalized spacial score (nSPS) is 12.6. The van der Waals surface area contributed by atoms with Gasteiger partial charge < -0.3 is 10.4 Å². The van der Waals surface area contributed by atoms with Crippen molar-refractivity contribution in [3.8, 4) is 0 Å². The van der Waals surface area contributed by atoms with Crippen LogP contribution in [0, 0.1) is 3.57 Å². The van der Waals surface area contributed by atoms with Crippen LogP contribution >= 0.6 is 45.8 Å². The number of alkyl halides is 1. The Labute approximate surface area is 107 Å². The second kappa shape index (κ2) is 6.00. The van der Waals surface area contributed by atoms with Gasteiger partial charge in [-0.25, -0.2) is 0 Å². The van der Waals surface area contributed by atoms with Crippen molar-refractivity contribution in [1.29, 1.82) is 0 Å². The summed E-state index contributed by atoms with van der Waals surface area (Å²) in [4.78, 5) is 0. The van der Waals surface area contributed by atoms with Crippen molar-refractivity contribution < 1.29 is 5.11 Å². The lowest BCUT2D eigenvalue weighted by molar-refractivity contribution is 0.211. The van der Waals surface area contributed by atoms with E-state index in [9.17, 15) is 5.11 Å². The Morgan fingerprint density at radius 2 is 2.21 bits per heavy atom. The molecule has 1 unspecified atom stereocenters. The summed E-state index contributed by atoms with van der Waals surface area (Å²) in [5.41, 5.74) is 0.889. The molecule has 0 aliphatic rings. The van der Waals surface area contributed by atoms with E-state index in [1.165, 1.54) is 0 Å². The van der Waals surface area contributed by atoms with Crippen LogP contribution in [0.1, 0.15) is 0 Å². The Balaban J connectivity index is 2.55. The van der Waals surface area contributed by atoms with E-state index in [1.54, 1.807) is 0 Å². The molecule has 14 heavy (non-hydrogen) atoms. The van der Waals surface area contributed by atoms with Gasteiger partial charge >= 0.3 is 0 Å². The molecule has 1 aromatic rings. The van der Waals surface area contributed by atoms with Crippen molar-refractivity contribution >= 4 is 51.5 Å². The molecule has 0 heterocycles.